The Hall–Kier alpha value is -7.16. The van der Waals surface area contributed by atoms with E-state index in [1.54, 1.807) is 0 Å². The van der Waals surface area contributed by atoms with Crippen molar-refractivity contribution in [1.82, 2.24) is 0 Å². The average molecular weight is 690 g/mol. The molecule has 2 nitrogen and oxygen atoms in total. The first-order valence-corrected chi connectivity index (χ1v) is 18.4. The molecule has 54 heavy (non-hydrogen) atoms. The van der Waals surface area contributed by atoms with Gasteiger partial charge in [0.05, 0.1) is 5.69 Å². The monoisotopic (exact) mass is 689 g/mol. The van der Waals surface area contributed by atoms with E-state index in [1.165, 1.54) is 49.7 Å². The number of para-hydroxylation sites is 2. The van der Waals surface area contributed by atoms with Gasteiger partial charge in [-0.05, 0) is 98.2 Å². The van der Waals surface area contributed by atoms with Crippen LogP contribution in [0.5, 0.6) is 0 Å². The molecule has 0 saturated carbocycles. The maximum atomic E-state index is 6.37. The predicted molar refractivity (Wildman–Crippen MR) is 228 cm³/mol. The molecular formula is C52H35NO. The molecular weight excluding hydrogens is 655 g/mol. The van der Waals surface area contributed by atoms with Crippen LogP contribution in [0.25, 0.3) is 77.2 Å². The summed E-state index contributed by atoms with van der Waals surface area (Å²) in [6.45, 7) is 0. The van der Waals surface area contributed by atoms with E-state index in [2.05, 4.69) is 205 Å². The van der Waals surface area contributed by atoms with Crippen LogP contribution in [0, 0.1) is 0 Å². The standard InChI is InChI=1S/C52H35NO/c1-2-12-40(13-3-1)47-17-6-8-19-50(47)53(46-31-32-49-48-18-7-9-20-51(48)54-52(49)35-46)45-29-27-38(28-30-45)37-21-23-39(24-22-37)42-15-10-16-43(33-42)44-26-25-36-11-4-5-14-41(36)34-44/h1-35H. The highest BCUT2D eigenvalue weighted by Gasteiger charge is 2.19. The second-order valence-corrected chi connectivity index (χ2v) is 13.8. The molecule has 0 aliphatic rings. The van der Waals surface area contributed by atoms with Gasteiger partial charge in [-0.25, -0.2) is 0 Å². The summed E-state index contributed by atoms with van der Waals surface area (Å²) in [5.41, 5.74) is 14.5. The molecule has 9 aromatic carbocycles. The van der Waals surface area contributed by atoms with Gasteiger partial charge in [-0.15, -0.1) is 0 Å². The first-order chi connectivity index (χ1) is 26.7. The molecule has 10 aromatic rings. The fraction of sp³-hybridized carbons (Fsp3) is 0. The minimum atomic E-state index is 0.871. The molecule has 254 valence electrons. The topological polar surface area (TPSA) is 16.4 Å². The van der Waals surface area contributed by atoms with E-state index < -0.39 is 0 Å². The second kappa shape index (κ2) is 13.4. The van der Waals surface area contributed by atoms with Crippen LogP contribution in [0.4, 0.5) is 17.1 Å². The first-order valence-electron chi connectivity index (χ1n) is 18.4. The van der Waals surface area contributed by atoms with Crippen molar-refractivity contribution in [3.63, 3.8) is 0 Å². The van der Waals surface area contributed by atoms with E-state index in [0.717, 1.165) is 44.6 Å². The Bertz CT molecular complexity index is 2920. The summed E-state index contributed by atoms with van der Waals surface area (Å²) in [7, 11) is 0. The summed E-state index contributed by atoms with van der Waals surface area (Å²) >= 11 is 0. The van der Waals surface area contributed by atoms with Crippen molar-refractivity contribution in [2.75, 3.05) is 4.90 Å². The average Bonchev–Trinajstić information content (AvgIpc) is 3.62. The number of fused-ring (bicyclic) bond motifs is 4. The molecule has 0 unspecified atom stereocenters. The van der Waals surface area contributed by atoms with E-state index in [1.807, 2.05) is 12.1 Å². The fourth-order valence-corrected chi connectivity index (χ4v) is 7.72. The minimum absolute atomic E-state index is 0.871. The van der Waals surface area contributed by atoms with Gasteiger partial charge in [-0.3, -0.25) is 0 Å². The maximum Gasteiger partial charge on any atom is 0.137 e. The van der Waals surface area contributed by atoms with Gasteiger partial charge in [0.15, 0.2) is 0 Å². The smallest absolute Gasteiger partial charge is 0.137 e. The third kappa shape index (κ3) is 5.81. The SMILES string of the molecule is c1ccc(-c2ccccc2N(c2ccc(-c3ccc(-c4cccc(-c5ccc6ccccc6c5)c4)cc3)cc2)c2ccc3c(c2)oc2ccccc23)cc1. The summed E-state index contributed by atoms with van der Waals surface area (Å²) in [5, 5.41) is 4.76. The quantitative estimate of drug-likeness (QED) is 0.166. The molecule has 0 aliphatic carbocycles. The van der Waals surface area contributed by atoms with Crippen LogP contribution in [0.1, 0.15) is 0 Å². The number of anilines is 3. The summed E-state index contributed by atoms with van der Waals surface area (Å²) in [4.78, 5) is 2.34. The van der Waals surface area contributed by atoms with E-state index in [9.17, 15) is 0 Å². The van der Waals surface area contributed by atoms with Gasteiger partial charge in [0.1, 0.15) is 11.2 Å². The maximum absolute atomic E-state index is 6.37. The normalized spacial score (nSPS) is 11.3. The largest absolute Gasteiger partial charge is 0.456 e. The summed E-state index contributed by atoms with van der Waals surface area (Å²) in [6, 6.07) is 75.9. The number of hydrogen-bond donors (Lipinski definition) is 0. The molecule has 1 heterocycles. The van der Waals surface area contributed by atoms with Gasteiger partial charge >= 0.3 is 0 Å². The summed E-state index contributed by atoms with van der Waals surface area (Å²) in [5.74, 6) is 0. The second-order valence-electron chi connectivity index (χ2n) is 13.8. The van der Waals surface area contributed by atoms with Gasteiger partial charge in [-0.2, -0.15) is 0 Å². The molecule has 0 radical (unpaired) electrons. The van der Waals surface area contributed by atoms with Crippen molar-refractivity contribution in [2.24, 2.45) is 0 Å². The molecule has 0 fully saturated rings. The molecule has 0 saturated heterocycles. The minimum Gasteiger partial charge on any atom is -0.456 e. The summed E-state index contributed by atoms with van der Waals surface area (Å²) in [6.07, 6.45) is 0. The van der Waals surface area contributed by atoms with Crippen molar-refractivity contribution >= 4 is 49.8 Å². The number of nitrogens with zero attached hydrogens (tertiary/aromatic N) is 1. The van der Waals surface area contributed by atoms with Crippen molar-refractivity contribution in [3.8, 4) is 44.5 Å². The van der Waals surface area contributed by atoms with E-state index in [4.69, 9.17) is 4.42 Å². The van der Waals surface area contributed by atoms with Gasteiger partial charge in [0.25, 0.3) is 0 Å². The lowest BCUT2D eigenvalue weighted by molar-refractivity contribution is 0.669. The molecule has 0 atom stereocenters. The molecule has 0 bridgehead atoms. The Labute approximate surface area is 314 Å². The van der Waals surface area contributed by atoms with Crippen LogP contribution in [0.2, 0.25) is 0 Å². The highest BCUT2D eigenvalue weighted by molar-refractivity contribution is 6.06. The summed E-state index contributed by atoms with van der Waals surface area (Å²) < 4.78 is 6.37. The highest BCUT2D eigenvalue weighted by Crippen LogP contribution is 2.43. The molecule has 1 aromatic heterocycles. The Morgan fingerprint density at radius 3 is 1.67 bits per heavy atom. The lowest BCUT2D eigenvalue weighted by Gasteiger charge is -2.28. The third-order valence-electron chi connectivity index (χ3n) is 10.5. The highest BCUT2D eigenvalue weighted by atomic mass is 16.3. The Balaban J connectivity index is 0.993. The van der Waals surface area contributed by atoms with Crippen LogP contribution < -0.4 is 4.90 Å². The number of hydrogen-bond acceptors (Lipinski definition) is 2. The lowest BCUT2D eigenvalue weighted by Crippen LogP contribution is -2.11. The van der Waals surface area contributed by atoms with Gasteiger partial charge in [0, 0.05) is 33.8 Å². The molecule has 2 heteroatoms. The van der Waals surface area contributed by atoms with Gasteiger partial charge < -0.3 is 9.32 Å². The van der Waals surface area contributed by atoms with Crippen molar-refractivity contribution < 1.29 is 4.42 Å². The van der Waals surface area contributed by atoms with E-state index >= 15 is 0 Å². The van der Waals surface area contributed by atoms with Crippen LogP contribution >= 0.6 is 0 Å². The molecule has 0 amide bonds. The fourth-order valence-electron chi connectivity index (χ4n) is 7.72. The van der Waals surface area contributed by atoms with Gasteiger partial charge in [0.2, 0.25) is 0 Å². The number of furan rings is 1. The van der Waals surface area contributed by atoms with Crippen LogP contribution in [0.15, 0.2) is 217 Å². The molecule has 0 N–H and O–H groups in total. The van der Waals surface area contributed by atoms with Crippen molar-refractivity contribution in [2.45, 2.75) is 0 Å². The molecule has 0 spiro atoms. The van der Waals surface area contributed by atoms with Crippen LogP contribution in [0.3, 0.4) is 0 Å². The lowest BCUT2D eigenvalue weighted by atomic mass is 9.96. The molecule has 10 rings (SSSR count). The zero-order valence-corrected chi connectivity index (χ0v) is 29.6. The Kier molecular flexibility index (Phi) is 7.85. The first kappa shape index (κ1) is 31.6. The predicted octanol–water partition coefficient (Wildman–Crippen LogP) is 14.9. The van der Waals surface area contributed by atoms with Crippen molar-refractivity contribution in [1.29, 1.82) is 0 Å². The zero-order chi connectivity index (χ0) is 35.8. The van der Waals surface area contributed by atoms with E-state index in [0.29, 0.717) is 0 Å². The van der Waals surface area contributed by atoms with Gasteiger partial charge in [-0.1, -0.05) is 158 Å². The van der Waals surface area contributed by atoms with Crippen molar-refractivity contribution in [3.05, 3.63) is 212 Å². The molecule has 0 aliphatic heterocycles. The number of benzene rings is 9. The third-order valence-corrected chi connectivity index (χ3v) is 10.5. The van der Waals surface area contributed by atoms with Crippen LogP contribution in [-0.2, 0) is 0 Å². The van der Waals surface area contributed by atoms with E-state index in [-0.39, 0.29) is 0 Å². The Morgan fingerprint density at radius 1 is 0.296 bits per heavy atom. The Morgan fingerprint density at radius 2 is 0.852 bits per heavy atom. The zero-order valence-electron chi connectivity index (χ0n) is 29.6. The van der Waals surface area contributed by atoms with Crippen LogP contribution in [-0.4, -0.2) is 0 Å². The number of rotatable bonds is 7.